The predicted molar refractivity (Wildman–Crippen MR) is 82.2 cm³/mol. The monoisotopic (exact) mass is 314 g/mol. The lowest BCUT2D eigenvalue weighted by atomic mass is 9.98. The van der Waals surface area contributed by atoms with E-state index in [1.165, 1.54) is 12.8 Å². The second-order valence-electron chi connectivity index (χ2n) is 7.25. The Morgan fingerprint density at radius 1 is 1.35 bits per heavy atom. The molecule has 1 unspecified atom stereocenters. The van der Waals surface area contributed by atoms with Crippen LogP contribution in [-0.4, -0.2) is 44.2 Å². The zero-order chi connectivity index (χ0) is 16.0. The van der Waals surface area contributed by atoms with Crippen molar-refractivity contribution in [2.75, 3.05) is 13.1 Å². The lowest BCUT2D eigenvalue weighted by Gasteiger charge is -2.29. The van der Waals surface area contributed by atoms with Crippen molar-refractivity contribution in [2.24, 2.45) is 5.92 Å². The molecule has 2 fully saturated rings. The second kappa shape index (κ2) is 5.31. The first kappa shape index (κ1) is 14.6. The van der Waals surface area contributed by atoms with E-state index in [1.54, 1.807) is 0 Å². The summed E-state index contributed by atoms with van der Waals surface area (Å²) in [6.07, 6.45) is 4.50. The van der Waals surface area contributed by atoms with E-state index in [4.69, 9.17) is 0 Å². The van der Waals surface area contributed by atoms with Crippen LogP contribution in [0.1, 0.15) is 50.2 Å². The molecular formula is C16H22N6O. The summed E-state index contributed by atoms with van der Waals surface area (Å²) < 4.78 is 2.22. The molecule has 1 amide bonds. The van der Waals surface area contributed by atoms with Crippen molar-refractivity contribution in [3.05, 3.63) is 11.6 Å². The third-order valence-corrected chi connectivity index (χ3v) is 5.20. The Morgan fingerprint density at radius 2 is 2.13 bits per heavy atom. The van der Waals surface area contributed by atoms with Crippen molar-refractivity contribution in [3.63, 3.8) is 0 Å². The number of aromatic nitrogens is 3. The van der Waals surface area contributed by atoms with Crippen molar-refractivity contribution in [1.82, 2.24) is 25.0 Å². The standard InChI is InChI=1S/C16H22N6O/c1-16(10-17,12-4-5-12)18-14(23)9-21-6-7-22-13(8-21)19-20-15(22)11-2-3-11/h11-12H,2-9H2,1H3,(H,18,23). The van der Waals surface area contributed by atoms with Crippen LogP contribution in [0.4, 0.5) is 0 Å². The first-order valence-electron chi connectivity index (χ1n) is 8.45. The molecule has 0 spiro atoms. The van der Waals surface area contributed by atoms with E-state index >= 15 is 0 Å². The molecule has 2 saturated carbocycles. The maximum absolute atomic E-state index is 12.3. The lowest BCUT2D eigenvalue weighted by Crippen LogP contribution is -2.51. The Balaban J connectivity index is 1.36. The molecule has 2 aliphatic carbocycles. The van der Waals surface area contributed by atoms with Gasteiger partial charge in [-0.15, -0.1) is 10.2 Å². The van der Waals surface area contributed by atoms with Crippen molar-refractivity contribution >= 4 is 5.91 Å². The van der Waals surface area contributed by atoms with Gasteiger partial charge in [0.25, 0.3) is 0 Å². The molecule has 1 atom stereocenters. The Hall–Kier alpha value is -1.94. The molecule has 1 aromatic heterocycles. The van der Waals surface area contributed by atoms with Gasteiger partial charge in [0.05, 0.1) is 19.2 Å². The number of nitrogens with zero attached hydrogens (tertiary/aromatic N) is 5. The van der Waals surface area contributed by atoms with E-state index in [2.05, 4.69) is 31.1 Å². The molecule has 0 bridgehead atoms. The summed E-state index contributed by atoms with van der Waals surface area (Å²) >= 11 is 0. The van der Waals surface area contributed by atoms with Crippen LogP contribution in [0, 0.1) is 17.2 Å². The van der Waals surface area contributed by atoms with Gasteiger partial charge in [0.1, 0.15) is 17.2 Å². The summed E-state index contributed by atoms with van der Waals surface area (Å²) in [6.45, 7) is 4.47. The van der Waals surface area contributed by atoms with E-state index in [-0.39, 0.29) is 5.91 Å². The third kappa shape index (κ3) is 2.83. The number of carbonyl (C=O) groups excluding carboxylic acids is 1. The Kier molecular flexibility index (Phi) is 3.38. The van der Waals surface area contributed by atoms with Gasteiger partial charge in [0.2, 0.25) is 5.91 Å². The minimum atomic E-state index is -0.716. The number of carbonyl (C=O) groups is 1. The minimum absolute atomic E-state index is 0.0728. The van der Waals surface area contributed by atoms with Gasteiger partial charge >= 0.3 is 0 Å². The Bertz CT molecular complexity index is 669. The fourth-order valence-electron chi connectivity index (χ4n) is 3.42. The minimum Gasteiger partial charge on any atom is -0.337 e. The van der Waals surface area contributed by atoms with Crippen LogP contribution in [0.25, 0.3) is 0 Å². The smallest absolute Gasteiger partial charge is 0.235 e. The summed E-state index contributed by atoms with van der Waals surface area (Å²) in [5, 5.41) is 20.9. The summed E-state index contributed by atoms with van der Waals surface area (Å²) in [5.41, 5.74) is -0.716. The number of nitriles is 1. The van der Waals surface area contributed by atoms with Gasteiger partial charge in [-0.25, -0.2) is 0 Å². The Labute approximate surface area is 135 Å². The van der Waals surface area contributed by atoms with Crippen molar-refractivity contribution < 1.29 is 4.79 Å². The lowest BCUT2D eigenvalue weighted by molar-refractivity contribution is -0.124. The van der Waals surface area contributed by atoms with Gasteiger partial charge in [-0.05, 0) is 38.5 Å². The number of amides is 1. The van der Waals surface area contributed by atoms with E-state index in [0.717, 1.165) is 37.6 Å². The largest absolute Gasteiger partial charge is 0.337 e. The average Bonchev–Trinajstić information content (AvgIpc) is 3.43. The van der Waals surface area contributed by atoms with Gasteiger partial charge in [0.15, 0.2) is 0 Å². The van der Waals surface area contributed by atoms with Gasteiger partial charge < -0.3 is 9.88 Å². The highest BCUT2D eigenvalue weighted by Crippen LogP contribution is 2.40. The molecule has 1 N–H and O–H groups in total. The third-order valence-electron chi connectivity index (χ3n) is 5.20. The van der Waals surface area contributed by atoms with Crippen molar-refractivity contribution in [1.29, 1.82) is 5.26 Å². The van der Waals surface area contributed by atoms with Crippen molar-refractivity contribution in [2.45, 2.75) is 57.2 Å². The summed E-state index contributed by atoms with van der Waals surface area (Å²) in [5.74, 6) is 2.91. The molecule has 0 saturated heterocycles. The SMILES string of the molecule is CC(C#N)(NC(=O)CN1CCn2c(nnc2C2CC2)C1)C1CC1. The van der Waals surface area contributed by atoms with E-state index < -0.39 is 5.54 Å². The molecule has 7 nitrogen and oxygen atoms in total. The van der Waals surface area contributed by atoms with Crippen LogP contribution in [0.15, 0.2) is 0 Å². The zero-order valence-corrected chi connectivity index (χ0v) is 13.5. The van der Waals surface area contributed by atoms with Crippen LogP contribution in [-0.2, 0) is 17.9 Å². The highest BCUT2D eigenvalue weighted by molar-refractivity contribution is 5.79. The first-order chi connectivity index (χ1) is 11.1. The maximum atomic E-state index is 12.3. The van der Waals surface area contributed by atoms with Crippen LogP contribution in [0.3, 0.4) is 0 Å². The number of rotatable bonds is 5. The van der Waals surface area contributed by atoms with Gasteiger partial charge in [0, 0.05) is 19.0 Å². The maximum Gasteiger partial charge on any atom is 0.235 e. The fraction of sp³-hybridized carbons (Fsp3) is 0.750. The van der Waals surface area contributed by atoms with E-state index in [1.807, 2.05) is 6.92 Å². The molecule has 122 valence electrons. The molecule has 0 radical (unpaired) electrons. The summed E-state index contributed by atoms with van der Waals surface area (Å²) in [6, 6.07) is 2.27. The summed E-state index contributed by atoms with van der Waals surface area (Å²) in [7, 11) is 0. The van der Waals surface area contributed by atoms with Crippen LogP contribution < -0.4 is 5.32 Å². The van der Waals surface area contributed by atoms with E-state index in [9.17, 15) is 10.1 Å². The van der Waals surface area contributed by atoms with Crippen LogP contribution >= 0.6 is 0 Å². The molecule has 1 aliphatic heterocycles. The highest BCUT2D eigenvalue weighted by Gasteiger charge is 2.43. The fourth-order valence-corrected chi connectivity index (χ4v) is 3.42. The highest BCUT2D eigenvalue weighted by atomic mass is 16.2. The molecule has 2 heterocycles. The van der Waals surface area contributed by atoms with Gasteiger partial charge in [-0.2, -0.15) is 5.26 Å². The molecule has 1 aromatic rings. The number of fused-ring (bicyclic) bond motifs is 1. The van der Waals surface area contributed by atoms with E-state index in [0.29, 0.717) is 24.9 Å². The molecule has 7 heteroatoms. The normalized spacial score (nSPS) is 23.7. The van der Waals surface area contributed by atoms with Crippen molar-refractivity contribution in [3.8, 4) is 6.07 Å². The quantitative estimate of drug-likeness (QED) is 0.868. The van der Waals surface area contributed by atoms with Crippen LogP contribution in [0.2, 0.25) is 0 Å². The topological polar surface area (TPSA) is 86.8 Å². The molecular weight excluding hydrogens is 292 g/mol. The average molecular weight is 314 g/mol. The number of nitrogens with one attached hydrogen (secondary N) is 1. The predicted octanol–water partition coefficient (Wildman–Crippen LogP) is 0.780. The Morgan fingerprint density at radius 3 is 2.78 bits per heavy atom. The van der Waals surface area contributed by atoms with Crippen LogP contribution in [0.5, 0.6) is 0 Å². The second-order valence-corrected chi connectivity index (χ2v) is 7.25. The molecule has 3 aliphatic rings. The summed E-state index contributed by atoms with van der Waals surface area (Å²) in [4.78, 5) is 14.4. The number of hydrogen-bond donors (Lipinski definition) is 1. The van der Waals surface area contributed by atoms with Gasteiger partial charge in [-0.3, -0.25) is 9.69 Å². The molecule has 0 aromatic carbocycles. The number of hydrogen-bond acceptors (Lipinski definition) is 5. The molecule has 4 rings (SSSR count). The zero-order valence-electron chi connectivity index (χ0n) is 13.5. The molecule has 23 heavy (non-hydrogen) atoms. The van der Waals surface area contributed by atoms with Gasteiger partial charge in [-0.1, -0.05) is 0 Å². The first-order valence-corrected chi connectivity index (χ1v) is 8.45.